The Hall–Kier alpha value is -1.70. The first-order valence-corrected chi connectivity index (χ1v) is 5.22. The summed E-state index contributed by atoms with van der Waals surface area (Å²) in [5.74, 6) is 0. The van der Waals surface area contributed by atoms with Crippen molar-refractivity contribution in [2.24, 2.45) is 0 Å². The lowest BCUT2D eigenvalue weighted by Crippen LogP contribution is -1.97. The Labute approximate surface area is 90.0 Å². The van der Waals surface area contributed by atoms with Crippen molar-refractivity contribution in [2.45, 2.75) is 19.8 Å². The molecule has 0 bridgehead atoms. The first-order valence-electron chi connectivity index (χ1n) is 5.22. The second-order valence-electron chi connectivity index (χ2n) is 3.52. The van der Waals surface area contributed by atoms with Crippen LogP contribution in [0.25, 0.3) is 0 Å². The topological polar surface area (TPSA) is 25.8 Å². The highest BCUT2D eigenvalue weighted by Crippen LogP contribution is 2.06. The number of aryl methyl sites for hydroxylation is 1. The number of rotatable bonds is 3. The molecule has 0 radical (unpaired) electrons. The molecule has 0 amide bonds. The Morgan fingerprint density at radius 2 is 1.73 bits per heavy atom. The van der Waals surface area contributed by atoms with Crippen molar-refractivity contribution >= 4 is 0 Å². The molecule has 0 saturated carbocycles. The second-order valence-corrected chi connectivity index (χ2v) is 3.52. The summed E-state index contributed by atoms with van der Waals surface area (Å²) >= 11 is 0. The Morgan fingerprint density at radius 1 is 1.00 bits per heavy atom. The van der Waals surface area contributed by atoms with Crippen LogP contribution in [0.3, 0.4) is 0 Å². The fraction of sp³-hybridized carbons (Fsp3) is 0.231. The summed E-state index contributed by atoms with van der Waals surface area (Å²) < 4.78 is 0. The van der Waals surface area contributed by atoms with Gasteiger partial charge >= 0.3 is 0 Å². The predicted octanol–water partition coefficient (Wildman–Crippen LogP) is 2.63. The molecule has 76 valence electrons. The molecule has 15 heavy (non-hydrogen) atoms. The SMILES string of the molecule is CCc1cncc(Cc2ccccc2)n1. The molecule has 1 aromatic carbocycles. The van der Waals surface area contributed by atoms with E-state index in [0.717, 1.165) is 24.2 Å². The third kappa shape index (κ3) is 2.62. The molecule has 0 fully saturated rings. The number of hydrogen-bond acceptors (Lipinski definition) is 2. The minimum absolute atomic E-state index is 0.863. The summed E-state index contributed by atoms with van der Waals surface area (Å²) in [5.41, 5.74) is 3.38. The lowest BCUT2D eigenvalue weighted by Gasteiger charge is -2.02. The Balaban J connectivity index is 2.17. The van der Waals surface area contributed by atoms with Crippen molar-refractivity contribution in [1.82, 2.24) is 9.97 Å². The summed E-state index contributed by atoms with van der Waals surface area (Å²) in [6, 6.07) is 10.3. The molecule has 1 aromatic heterocycles. The molecule has 0 N–H and O–H groups in total. The number of aromatic nitrogens is 2. The summed E-state index contributed by atoms with van der Waals surface area (Å²) in [4.78, 5) is 8.71. The zero-order valence-electron chi connectivity index (χ0n) is 8.85. The molecule has 2 rings (SSSR count). The molecule has 0 aliphatic heterocycles. The van der Waals surface area contributed by atoms with Crippen LogP contribution in [0, 0.1) is 0 Å². The van der Waals surface area contributed by atoms with E-state index in [4.69, 9.17) is 0 Å². The van der Waals surface area contributed by atoms with Gasteiger partial charge in [0.25, 0.3) is 0 Å². The van der Waals surface area contributed by atoms with Crippen molar-refractivity contribution in [3.8, 4) is 0 Å². The van der Waals surface area contributed by atoms with Crippen LogP contribution in [-0.4, -0.2) is 9.97 Å². The molecule has 0 aliphatic carbocycles. The Bertz CT molecular complexity index is 424. The highest BCUT2D eigenvalue weighted by atomic mass is 14.8. The van der Waals surface area contributed by atoms with Crippen molar-refractivity contribution in [3.05, 3.63) is 59.7 Å². The zero-order valence-corrected chi connectivity index (χ0v) is 8.85. The Morgan fingerprint density at radius 3 is 2.47 bits per heavy atom. The molecule has 0 atom stereocenters. The standard InChI is InChI=1S/C13H14N2/c1-2-12-9-14-10-13(15-12)8-11-6-4-3-5-7-11/h3-7,9-10H,2,8H2,1H3. The van der Waals surface area contributed by atoms with Crippen molar-refractivity contribution < 1.29 is 0 Å². The summed E-state index contributed by atoms with van der Waals surface area (Å²) in [7, 11) is 0. The van der Waals surface area contributed by atoms with Gasteiger partial charge in [-0.1, -0.05) is 37.3 Å². The van der Waals surface area contributed by atoms with E-state index in [1.165, 1.54) is 5.56 Å². The third-order valence-corrected chi connectivity index (χ3v) is 2.32. The van der Waals surface area contributed by atoms with Crippen LogP contribution in [-0.2, 0) is 12.8 Å². The zero-order chi connectivity index (χ0) is 10.5. The Kier molecular flexibility index (Phi) is 3.08. The van der Waals surface area contributed by atoms with Crippen LogP contribution >= 0.6 is 0 Å². The minimum Gasteiger partial charge on any atom is -0.261 e. The monoisotopic (exact) mass is 198 g/mol. The van der Waals surface area contributed by atoms with Crippen LogP contribution < -0.4 is 0 Å². The van der Waals surface area contributed by atoms with E-state index in [9.17, 15) is 0 Å². The van der Waals surface area contributed by atoms with Gasteiger partial charge in [-0.3, -0.25) is 9.97 Å². The highest BCUT2D eigenvalue weighted by molar-refractivity contribution is 5.20. The first-order chi connectivity index (χ1) is 7.38. The summed E-state index contributed by atoms with van der Waals surface area (Å²) in [6.45, 7) is 2.09. The van der Waals surface area contributed by atoms with Gasteiger partial charge in [-0.05, 0) is 12.0 Å². The molecule has 0 aliphatic rings. The maximum absolute atomic E-state index is 4.52. The average Bonchev–Trinajstić information content (AvgIpc) is 2.31. The van der Waals surface area contributed by atoms with E-state index >= 15 is 0 Å². The van der Waals surface area contributed by atoms with Gasteiger partial charge in [0.05, 0.1) is 11.4 Å². The van der Waals surface area contributed by atoms with E-state index in [0.29, 0.717) is 0 Å². The van der Waals surface area contributed by atoms with Gasteiger partial charge in [0.15, 0.2) is 0 Å². The first kappa shape index (κ1) is 9.84. The summed E-state index contributed by atoms with van der Waals surface area (Å²) in [6.07, 6.45) is 5.47. The number of hydrogen-bond donors (Lipinski definition) is 0. The average molecular weight is 198 g/mol. The van der Waals surface area contributed by atoms with Gasteiger partial charge in [-0.15, -0.1) is 0 Å². The fourth-order valence-corrected chi connectivity index (χ4v) is 1.51. The van der Waals surface area contributed by atoms with Gasteiger partial charge in [-0.2, -0.15) is 0 Å². The summed E-state index contributed by atoms with van der Waals surface area (Å²) in [5, 5.41) is 0. The highest BCUT2D eigenvalue weighted by Gasteiger charge is 1.98. The number of nitrogens with zero attached hydrogens (tertiary/aromatic N) is 2. The van der Waals surface area contributed by atoms with Crippen LogP contribution in [0.4, 0.5) is 0 Å². The van der Waals surface area contributed by atoms with Crippen LogP contribution in [0.2, 0.25) is 0 Å². The molecule has 0 spiro atoms. The van der Waals surface area contributed by atoms with E-state index in [2.05, 4.69) is 29.0 Å². The third-order valence-electron chi connectivity index (χ3n) is 2.32. The molecular weight excluding hydrogens is 184 g/mol. The largest absolute Gasteiger partial charge is 0.261 e. The van der Waals surface area contributed by atoms with Gasteiger partial charge in [-0.25, -0.2) is 0 Å². The van der Waals surface area contributed by atoms with Crippen LogP contribution in [0.15, 0.2) is 42.7 Å². The molecular formula is C13H14N2. The minimum atomic E-state index is 0.863. The maximum Gasteiger partial charge on any atom is 0.0633 e. The predicted molar refractivity (Wildman–Crippen MR) is 60.7 cm³/mol. The van der Waals surface area contributed by atoms with Gasteiger partial charge in [0.2, 0.25) is 0 Å². The van der Waals surface area contributed by atoms with Crippen LogP contribution in [0.5, 0.6) is 0 Å². The molecule has 0 saturated heterocycles. The quantitative estimate of drug-likeness (QED) is 0.757. The molecule has 2 heteroatoms. The second kappa shape index (κ2) is 4.69. The van der Waals surface area contributed by atoms with Gasteiger partial charge in [0.1, 0.15) is 0 Å². The smallest absolute Gasteiger partial charge is 0.0633 e. The van der Waals surface area contributed by atoms with Crippen molar-refractivity contribution in [2.75, 3.05) is 0 Å². The fourth-order valence-electron chi connectivity index (χ4n) is 1.51. The lowest BCUT2D eigenvalue weighted by molar-refractivity contribution is 0.936. The van der Waals surface area contributed by atoms with Crippen molar-refractivity contribution in [3.63, 3.8) is 0 Å². The molecule has 1 heterocycles. The van der Waals surface area contributed by atoms with Gasteiger partial charge in [0, 0.05) is 18.8 Å². The maximum atomic E-state index is 4.52. The van der Waals surface area contributed by atoms with Crippen LogP contribution in [0.1, 0.15) is 23.9 Å². The molecule has 2 aromatic rings. The van der Waals surface area contributed by atoms with E-state index in [-0.39, 0.29) is 0 Å². The van der Waals surface area contributed by atoms with E-state index < -0.39 is 0 Å². The van der Waals surface area contributed by atoms with Gasteiger partial charge < -0.3 is 0 Å². The van der Waals surface area contributed by atoms with Crippen molar-refractivity contribution in [1.29, 1.82) is 0 Å². The van der Waals surface area contributed by atoms with E-state index in [1.54, 1.807) is 0 Å². The molecule has 2 nitrogen and oxygen atoms in total. The molecule has 0 unspecified atom stereocenters. The number of benzene rings is 1. The normalized spacial score (nSPS) is 10.2. The lowest BCUT2D eigenvalue weighted by atomic mass is 10.1. The van der Waals surface area contributed by atoms with E-state index in [1.807, 2.05) is 30.6 Å².